The molecule has 29 heavy (non-hydrogen) atoms. The smallest absolute Gasteiger partial charge is 0.291 e. The molecule has 0 bridgehead atoms. The van der Waals surface area contributed by atoms with Crippen molar-refractivity contribution in [2.24, 2.45) is 10.2 Å². The predicted octanol–water partition coefficient (Wildman–Crippen LogP) is 6.63. The van der Waals surface area contributed by atoms with Gasteiger partial charge in [-0.1, -0.05) is 53.0 Å². The monoisotopic (exact) mass is 443 g/mol. The Morgan fingerprint density at radius 3 is 2.52 bits per heavy atom. The lowest BCUT2D eigenvalue weighted by Gasteiger charge is -1.97. The highest BCUT2D eigenvalue weighted by Gasteiger charge is 2.15. The van der Waals surface area contributed by atoms with E-state index in [1.54, 1.807) is 25.1 Å². The van der Waals surface area contributed by atoms with Gasteiger partial charge in [-0.15, -0.1) is 16.5 Å². The van der Waals surface area contributed by atoms with Gasteiger partial charge in [0.1, 0.15) is 0 Å². The summed E-state index contributed by atoms with van der Waals surface area (Å²) >= 11 is 13.3. The van der Waals surface area contributed by atoms with Gasteiger partial charge in [0.15, 0.2) is 5.69 Å². The van der Waals surface area contributed by atoms with Crippen molar-refractivity contribution in [2.75, 3.05) is 0 Å². The van der Waals surface area contributed by atoms with E-state index in [0.717, 1.165) is 11.3 Å². The molecule has 0 saturated carbocycles. The van der Waals surface area contributed by atoms with Crippen LogP contribution in [0.5, 0.6) is 0 Å². The number of nitrogens with zero attached hydrogens (tertiary/aromatic N) is 4. The number of rotatable bonds is 4. The molecule has 0 amide bonds. The number of halogens is 2. The minimum absolute atomic E-state index is 0.211. The van der Waals surface area contributed by atoms with E-state index in [0.29, 0.717) is 26.6 Å². The van der Waals surface area contributed by atoms with Crippen molar-refractivity contribution in [3.63, 3.8) is 0 Å². The maximum Gasteiger partial charge on any atom is 0.301 e. The Balaban J connectivity index is 1.65. The van der Waals surface area contributed by atoms with Crippen LogP contribution in [-0.4, -0.2) is 14.8 Å². The summed E-state index contributed by atoms with van der Waals surface area (Å²) in [5, 5.41) is 14.5. The Hall–Kier alpha value is -2.74. The van der Waals surface area contributed by atoms with Crippen LogP contribution in [0.1, 0.15) is 11.3 Å². The molecule has 0 aliphatic rings. The molecule has 0 fully saturated rings. The zero-order valence-electron chi connectivity index (χ0n) is 15.5. The van der Waals surface area contributed by atoms with Crippen molar-refractivity contribution < 1.29 is 0 Å². The molecule has 0 spiro atoms. The molecule has 4 aromatic rings. The van der Waals surface area contributed by atoms with Crippen molar-refractivity contribution in [3.05, 3.63) is 79.5 Å². The summed E-state index contributed by atoms with van der Waals surface area (Å²) in [6, 6.07) is 13.0. The Morgan fingerprint density at radius 2 is 1.79 bits per heavy atom. The first kappa shape index (κ1) is 19.6. The number of thiazole rings is 1. The summed E-state index contributed by atoms with van der Waals surface area (Å²) in [6.07, 6.45) is 0. The zero-order chi connectivity index (χ0) is 20.5. The van der Waals surface area contributed by atoms with E-state index in [2.05, 4.69) is 20.3 Å². The topological polar surface area (TPSA) is 75.4 Å². The van der Waals surface area contributed by atoms with Gasteiger partial charge in [-0.25, -0.2) is 4.98 Å². The fraction of sp³-hybridized carbons (Fsp3) is 0.100. The van der Waals surface area contributed by atoms with Crippen LogP contribution in [0.15, 0.2) is 62.9 Å². The summed E-state index contributed by atoms with van der Waals surface area (Å²) in [7, 11) is 0. The fourth-order valence-electron chi connectivity index (χ4n) is 2.67. The molecule has 146 valence electrons. The standard InChI is InChI=1S/C20H15Cl2N5OS/c1-11-3-5-13(6-4-11)17-10-29-20(23-17)27-19(28)18(12(2)26-27)25-24-14-7-8-15(21)16(22)9-14/h3-10,26H,1-2H3. The largest absolute Gasteiger partial charge is 0.301 e. The molecule has 0 saturated heterocycles. The second-order valence-corrected chi connectivity index (χ2v) is 8.06. The van der Waals surface area contributed by atoms with Crippen LogP contribution in [0, 0.1) is 13.8 Å². The second-order valence-electron chi connectivity index (χ2n) is 6.41. The first-order chi connectivity index (χ1) is 13.9. The summed E-state index contributed by atoms with van der Waals surface area (Å²) in [6.45, 7) is 3.79. The molecule has 6 nitrogen and oxygen atoms in total. The zero-order valence-corrected chi connectivity index (χ0v) is 17.8. The van der Waals surface area contributed by atoms with E-state index in [9.17, 15) is 4.79 Å². The summed E-state index contributed by atoms with van der Waals surface area (Å²) in [5.74, 6) is 0. The first-order valence-corrected chi connectivity index (χ1v) is 10.3. The summed E-state index contributed by atoms with van der Waals surface area (Å²) < 4.78 is 1.38. The van der Waals surface area contributed by atoms with E-state index in [-0.39, 0.29) is 11.2 Å². The minimum Gasteiger partial charge on any atom is -0.291 e. The number of aromatic nitrogens is 3. The Bertz CT molecular complexity index is 1270. The normalized spacial score (nSPS) is 11.4. The molecule has 2 aromatic heterocycles. The van der Waals surface area contributed by atoms with Crippen molar-refractivity contribution in [1.82, 2.24) is 14.8 Å². The highest BCUT2D eigenvalue weighted by molar-refractivity contribution is 7.12. The second kappa shape index (κ2) is 7.94. The van der Waals surface area contributed by atoms with Crippen molar-refractivity contribution >= 4 is 45.9 Å². The lowest BCUT2D eigenvalue weighted by Crippen LogP contribution is -2.13. The van der Waals surface area contributed by atoms with Gasteiger partial charge >= 0.3 is 5.56 Å². The van der Waals surface area contributed by atoms with Gasteiger partial charge in [0.05, 0.1) is 27.1 Å². The lowest BCUT2D eigenvalue weighted by molar-refractivity contribution is 0.827. The molecule has 9 heteroatoms. The Labute approximate surface area is 180 Å². The fourth-order valence-corrected chi connectivity index (χ4v) is 3.75. The highest BCUT2D eigenvalue weighted by Crippen LogP contribution is 2.28. The predicted molar refractivity (Wildman–Crippen MR) is 118 cm³/mol. The van der Waals surface area contributed by atoms with Crippen LogP contribution in [0.4, 0.5) is 11.4 Å². The number of azo groups is 1. The number of benzene rings is 2. The molecule has 2 aromatic carbocycles. The minimum atomic E-state index is -0.323. The van der Waals surface area contributed by atoms with Crippen LogP contribution in [0.3, 0.4) is 0 Å². The van der Waals surface area contributed by atoms with Gasteiger partial charge < -0.3 is 0 Å². The third-order valence-corrected chi connectivity index (χ3v) is 5.80. The molecule has 0 atom stereocenters. The van der Waals surface area contributed by atoms with Gasteiger partial charge in [-0.05, 0) is 32.0 Å². The molecule has 1 N–H and O–H groups in total. The van der Waals surface area contributed by atoms with Crippen LogP contribution in [-0.2, 0) is 0 Å². The molecular formula is C20H15Cl2N5OS. The van der Waals surface area contributed by atoms with Crippen molar-refractivity contribution in [1.29, 1.82) is 0 Å². The maximum absolute atomic E-state index is 12.8. The molecule has 0 aliphatic carbocycles. The third kappa shape index (κ3) is 4.03. The lowest BCUT2D eigenvalue weighted by atomic mass is 10.1. The van der Waals surface area contributed by atoms with E-state index in [1.165, 1.54) is 21.6 Å². The molecule has 0 radical (unpaired) electrons. The van der Waals surface area contributed by atoms with Gasteiger partial charge in [-0.3, -0.25) is 9.89 Å². The van der Waals surface area contributed by atoms with Crippen LogP contribution >= 0.6 is 34.5 Å². The number of aryl methyl sites for hydroxylation is 2. The Morgan fingerprint density at radius 1 is 1.03 bits per heavy atom. The molecule has 4 rings (SSSR count). The number of hydrogen-bond donors (Lipinski definition) is 1. The quantitative estimate of drug-likeness (QED) is 0.359. The van der Waals surface area contributed by atoms with Crippen LogP contribution in [0.25, 0.3) is 16.4 Å². The first-order valence-electron chi connectivity index (χ1n) is 8.64. The molecule has 0 aliphatic heterocycles. The molecule has 2 heterocycles. The Kier molecular flexibility index (Phi) is 5.36. The molecule has 0 unspecified atom stereocenters. The van der Waals surface area contributed by atoms with Crippen LogP contribution in [0.2, 0.25) is 10.0 Å². The number of aromatic amines is 1. The third-order valence-electron chi connectivity index (χ3n) is 4.24. The molecular weight excluding hydrogens is 429 g/mol. The van der Waals surface area contributed by atoms with Gasteiger partial charge in [-0.2, -0.15) is 9.80 Å². The van der Waals surface area contributed by atoms with Gasteiger partial charge in [0.2, 0.25) is 5.13 Å². The van der Waals surface area contributed by atoms with E-state index < -0.39 is 0 Å². The average molecular weight is 444 g/mol. The van der Waals surface area contributed by atoms with Crippen molar-refractivity contribution in [3.8, 4) is 16.4 Å². The SMILES string of the molecule is Cc1ccc(-c2csc(-n3[nH]c(C)c(N=Nc4ccc(Cl)c(Cl)c4)c3=O)n2)cc1. The number of nitrogens with one attached hydrogen (secondary N) is 1. The van der Waals surface area contributed by atoms with Crippen LogP contribution < -0.4 is 5.56 Å². The van der Waals surface area contributed by atoms with E-state index in [1.807, 2.05) is 36.6 Å². The average Bonchev–Trinajstić information content (AvgIpc) is 3.29. The van der Waals surface area contributed by atoms with Gasteiger partial charge in [0, 0.05) is 10.9 Å². The number of hydrogen-bond acceptors (Lipinski definition) is 5. The summed E-state index contributed by atoms with van der Waals surface area (Å²) in [4.78, 5) is 17.4. The summed E-state index contributed by atoms with van der Waals surface area (Å²) in [5.41, 5.74) is 3.96. The number of H-pyrrole nitrogens is 1. The van der Waals surface area contributed by atoms with E-state index >= 15 is 0 Å². The van der Waals surface area contributed by atoms with E-state index in [4.69, 9.17) is 23.2 Å². The van der Waals surface area contributed by atoms with Gasteiger partial charge in [0.25, 0.3) is 0 Å². The maximum atomic E-state index is 12.8. The highest BCUT2D eigenvalue weighted by atomic mass is 35.5. The van der Waals surface area contributed by atoms with Crippen molar-refractivity contribution in [2.45, 2.75) is 13.8 Å².